The van der Waals surface area contributed by atoms with E-state index in [9.17, 15) is 4.79 Å². The number of hydrogen-bond donors (Lipinski definition) is 1. The topological polar surface area (TPSA) is 76.5 Å². The highest BCUT2D eigenvalue weighted by atomic mass is 32.1. The number of nitrogens with one attached hydrogen (secondary N) is 1. The maximum Gasteiger partial charge on any atom is 0.362 e. The number of allylic oxidation sites excluding steroid dienone is 2. The van der Waals surface area contributed by atoms with Crippen molar-refractivity contribution >= 4 is 28.7 Å². The lowest BCUT2D eigenvalue weighted by Gasteiger charge is -2.11. The molecule has 0 saturated heterocycles. The van der Waals surface area contributed by atoms with E-state index in [2.05, 4.69) is 32.3 Å². The standard InChI is InChI=1S/C12H16N4O2S/c1-2-18-12(17)10-11(19-16-14-10)15-13-8-9-6-4-3-5-7-9/h3-4,8-9,15H,2,5-7H2,1H3/b13-8-/t9-/m1/s1. The molecule has 6 nitrogen and oxygen atoms in total. The Labute approximate surface area is 115 Å². The quantitative estimate of drug-likeness (QED) is 0.388. The van der Waals surface area contributed by atoms with Gasteiger partial charge in [-0.15, -0.1) is 5.10 Å². The van der Waals surface area contributed by atoms with E-state index in [0.717, 1.165) is 30.8 Å². The van der Waals surface area contributed by atoms with Crippen molar-refractivity contribution in [3.63, 3.8) is 0 Å². The van der Waals surface area contributed by atoms with Crippen molar-refractivity contribution in [1.29, 1.82) is 0 Å². The van der Waals surface area contributed by atoms with Crippen molar-refractivity contribution in [2.45, 2.75) is 26.2 Å². The Balaban J connectivity index is 1.92. The van der Waals surface area contributed by atoms with E-state index in [-0.39, 0.29) is 5.69 Å². The SMILES string of the molecule is CCOC(=O)c1nnsc1N/N=C\[C@@H]1CC=CCC1. The highest BCUT2D eigenvalue weighted by molar-refractivity contribution is 7.10. The summed E-state index contributed by atoms with van der Waals surface area (Å²) in [5, 5.41) is 8.42. The van der Waals surface area contributed by atoms with Gasteiger partial charge in [-0.05, 0) is 32.1 Å². The number of aromatic nitrogens is 2. The van der Waals surface area contributed by atoms with Crippen LogP contribution in [0.1, 0.15) is 36.7 Å². The predicted octanol–water partition coefficient (Wildman–Crippen LogP) is 2.47. The molecule has 0 saturated carbocycles. The number of ether oxygens (including phenoxy) is 1. The van der Waals surface area contributed by atoms with Gasteiger partial charge in [0.15, 0.2) is 5.00 Å². The number of esters is 1. The van der Waals surface area contributed by atoms with Crippen molar-refractivity contribution < 1.29 is 9.53 Å². The van der Waals surface area contributed by atoms with Gasteiger partial charge in [0.1, 0.15) is 0 Å². The van der Waals surface area contributed by atoms with Crippen molar-refractivity contribution in [3.05, 3.63) is 17.8 Å². The minimum atomic E-state index is -0.477. The molecule has 0 aliphatic heterocycles. The summed E-state index contributed by atoms with van der Waals surface area (Å²) < 4.78 is 8.62. The van der Waals surface area contributed by atoms with Crippen LogP contribution < -0.4 is 5.43 Å². The lowest BCUT2D eigenvalue weighted by molar-refractivity contribution is 0.0520. The van der Waals surface area contributed by atoms with Gasteiger partial charge in [-0.3, -0.25) is 5.43 Å². The van der Waals surface area contributed by atoms with Crippen LogP contribution in [0.25, 0.3) is 0 Å². The highest BCUT2D eigenvalue weighted by Crippen LogP contribution is 2.19. The van der Waals surface area contributed by atoms with Crippen LogP contribution in [0.4, 0.5) is 5.00 Å². The van der Waals surface area contributed by atoms with Gasteiger partial charge in [0.05, 0.1) is 6.61 Å². The van der Waals surface area contributed by atoms with Crippen molar-refractivity contribution in [1.82, 2.24) is 9.59 Å². The lowest BCUT2D eigenvalue weighted by atomic mass is 9.96. The first kappa shape index (κ1) is 13.7. The van der Waals surface area contributed by atoms with E-state index in [4.69, 9.17) is 4.74 Å². The summed E-state index contributed by atoms with van der Waals surface area (Å²) in [6, 6.07) is 0. The van der Waals surface area contributed by atoms with Gasteiger partial charge in [0.2, 0.25) is 5.69 Å². The van der Waals surface area contributed by atoms with Crippen molar-refractivity contribution in [2.75, 3.05) is 12.0 Å². The fraction of sp³-hybridized carbons (Fsp3) is 0.500. The number of carbonyl (C=O) groups is 1. The van der Waals surface area contributed by atoms with Gasteiger partial charge in [-0.2, -0.15) is 5.10 Å². The third kappa shape index (κ3) is 3.85. The normalized spacial score (nSPS) is 18.7. The molecule has 0 unspecified atom stereocenters. The van der Waals surface area contributed by atoms with E-state index in [1.165, 1.54) is 0 Å². The molecule has 102 valence electrons. The average Bonchev–Trinajstić information content (AvgIpc) is 2.89. The zero-order valence-electron chi connectivity index (χ0n) is 10.7. The second-order valence-corrected chi connectivity index (χ2v) is 4.86. The van der Waals surface area contributed by atoms with Crippen LogP contribution >= 0.6 is 11.5 Å². The molecule has 0 aromatic carbocycles. The van der Waals surface area contributed by atoms with E-state index in [1.807, 2.05) is 6.21 Å². The van der Waals surface area contributed by atoms with Gasteiger partial charge in [-0.25, -0.2) is 4.79 Å². The van der Waals surface area contributed by atoms with Crippen LogP contribution in [0.5, 0.6) is 0 Å². The number of rotatable bonds is 5. The molecule has 1 N–H and O–H groups in total. The minimum Gasteiger partial charge on any atom is -0.461 e. The lowest BCUT2D eigenvalue weighted by Crippen LogP contribution is -2.08. The fourth-order valence-electron chi connectivity index (χ4n) is 1.75. The van der Waals surface area contributed by atoms with Gasteiger partial charge in [-0.1, -0.05) is 16.6 Å². The fourth-order valence-corrected chi connectivity index (χ4v) is 2.26. The molecule has 1 aromatic rings. The van der Waals surface area contributed by atoms with Crippen LogP contribution in [0.2, 0.25) is 0 Å². The maximum absolute atomic E-state index is 11.6. The summed E-state index contributed by atoms with van der Waals surface area (Å²) in [5.41, 5.74) is 3.01. The van der Waals surface area contributed by atoms with Crippen LogP contribution in [0, 0.1) is 5.92 Å². The van der Waals surface area contributed by atoms with E-state index < -0.39 is 5.97 Å². The van der Waals surface area contributed by atoms with Gasteiger partial charge < -0.3 is 4.74 Å². The van der Waals surface area contributed by atoms with Crippen LogP contribution in [-0.4, -0.2) is 28.4 Å². The Morgan fingerprint density at radius 3 is 3.32 bits per heavy atom. The molecule has 0 fully saturated rings. The number of nitrogens with zero attached hydrogens (tertiary/aromatic N) is 3. The molecule has 0 bridgehead atoms. The molecular formula is C12H16N4O2S. The third-order valence-corrected chi connectivity index (χ3v) is 3.35. The molecule has 2 rings (SSSR count). The molecule has 1 aliphatic carbocycles. The first-order valence-electron chi connectivity index (χ1n) is 6.25. The summed E-state index contributed by atoms with van der Waals surface area (Å²) >= 11 is 1.09. The monoisotopic (exact) mass is 280 g/mol. The Kier molecular flexibility index (Phi) is 5.02. The number of hydrogen-bond acceptors (Lipinski definition) is 7. The Bertz CT molecular complexity index is 484. The largest absolute Gasteiger partial charge is 0.461 e. The summed E-state index contributed by atoms with van der Waals surface area (Å²) in [6.07, 6.45) is 9.43. The van der Waals surface area contributed by atoms with Gasteiger partial charge in [0.25, 0.3) is 0 Å². The second-order valence-electron chi connectivity index (χ2n) is 4.11. The molecule has 7 heteroatoms. The minimum absolute atomic E-state index is 0.188. The molecule has 1 atom stereocenters. The van der Waals surface area contributed by atoms with Crippen LogP contribution in [-0.2, 0) is 4.74 Å². The van der Waals surface area contributed by atoms with Gasteiger partial charge >= 0.3 is 5.97 Å². The zero-order valence-corrected chi connectivity index (χ0v) is 11.5. The molecule has 1 aliphatic rings. The van der Waals surface area contributed by atoms with Crippen LogP contribution in [0.15, 0.2) is 17.3 Å². The summed E-state index contributed by atoms with van der Waals surface area (Å²) in [6.45, 7) is 2.06. The van der Waals surface area contributed by atoms with Crippen molar-refractivity contribution in [2.24, 2.45) is 11.0 Å². The summed E-state index contributed by atoms with van der Waals surface area (Å²) in [7, 11) is 0. The molecule has 19 heavy (non-hydrogen) atoms. The Morgan fingerprint density at radius 2 is 2.58 bits per heavy atom. The van der Waals surface area contributed by atoms with Crippen molar-refractivity contribution in [3.8, 4) is 0 Å². The third-order valence-electron chi connectivity index (χ3n) is 2.72. The van der Waals surface area contributed by atoms with Crippen LogP contribution in [0.3, 0.4) is 0 Å². The Morgan fingerprint density at radius 1 is 1.68 bits per heavy atom. The van der Waals surface area contributed by atoms with E-state index >= 15 is 0 Å². The first-order valence-corrected chi connectivity index (χ1v) is 7.02. The van der Waals surface area contributed by atoms with Gasteiger partial charge in [0, 0.05) is 17.7 Å². The number of anilines is 1. The summed E-state index contributed by atoms with van der Waals surface area (Å²) in [4.78, 5) is 11.6. The van der Waals surface area contributed by atoms with E-state index in [0.29, 0.717) is 17.5 Å². The predicted molar refractivity (Wildman–Crippen MR) is 74.5 cm³/mol. The molecule has 1 aromatic heterocycles. The first-order chi connectivity index (χ1) is 9.31. The molecule has 0 radical (unpaired) electrons. The number of hydrazone groups is 1. The second kappa shape index (κ2) is 6.98. The number of carbonyl (C=O) groups excluding carboxylic acids is 1. The maximum atomic E-state index is 11.6. The molecular weight excluding hydrogens is 264 g/mol. The smallest absolute Gasteiger partial charge is 0.362 e. The Hall–Kier alpha value is -1.76. The average molecular weight is 280 g/mol. The molecule has 1 heterocycles. The zero-order chi connectivity index (χ0) is 13.5. The molecule has 0 amide bonds. The highest BCUT2D eigenvalue weighted by Gasteiger charge is 2.17. The summed E-state index contributed by atoms with van der Waals surface area (Å²) in [5.74, 6) is -0.0287. The van der Waals surface area contributed by atoms with E-state index in [1.54, 1.807) is 6.92 Å². The molecule has 0 spiro atoms.